The highest BCUT2D eigenvalue weighted by Crippen LogP contribution is 2.33. The number of allylic oxidation sites excluding steroid dienone is 5. The molecule has 0 aromatic carbocycles. The van der Waals surface area contributed by atoms with Gasteiger partial charge in [0.25, 0.3) is 0 Å². The molecule has 0 saturated carbocycles. The average Bonchev–Trinajstić information content (AvgIpc) is 0.782. The monoisotopic (exact) mass is 1470 g/mol. The maximum Gasteiger partial charge on any atom is 0.220 e. The second-order valence-corrected chi connectivity index (χ2v) is 30.6. The fourth-order valence-electron chi connectivity index (χ4n) is 14.6. The number of hydrogen-bond donors (Lipinski definition) is 12. The first-order chi connectivity index (χ1) is 50.3. The van der Waals surface area contributed by atoms with Crippen molar-refractivity contribution in [1.29, 1.82) is 0 Å². The summed E-state index contributed by atoms with van der Waals surface area (Å²) in [5.41, 5.74) is 0. The molecule has 3 aliphatic heterocycles. The highest BCUT2D eigenvalue weighted by atomic mass is 16.8. The molecule has 12 N–H and O–H groups in total. The van der Waals surface area contributed by atoms with Gasteiger partial charge in [-0.3, -0.25) is 4.79 Å². The summed E-state index contributed by atoms with van der Waals surface area (Å²) in [7, 11) is 0. The van der Waals surface area contributed by atoms with Crippen molar-refractivity contribution in [3.63, 3.8) is 0 Å². The van der Waals surface area contributed by atoms with Gasteiger partial charge in [0.2, 0.25) is 5.91 Å². The molecule has 0 aliphatic carbocycles. The first-order valence-corrected chi connectivity index (χ1v) is 42.7. The van der Waals surface area contributed by atoms with Crippen LogP contribution in [0.5, 0.6) is 0 Å². The number of carbonyl (C=O) groups is 1. The summed E-state index contributed by atoms with van der Waals surface area (Å²) < 4.78 is 34.4. The summed E-state index contributed by atoms with van der Waals surface area (Å²) in [6, 6.07) is -0.989. The Bertz CT molecular complexity index is 2000. The van der Waals surface area contributed by atoms with Crippen molar-refractivity contribution in [1.82, 2.24) is 5.32 Å². The van der Waals surface area contributed by atoms with Crippen molar-refractivity contribution in [2.75, 3.05) is 26.4 Å². The zero-order valence-corrected chi connectivity index (χ0v) is 65.1. The standard InChI is InChI=1S/C84H157NO18/c1-3-5-7-9-11-13-15-17-19-21-22-23-24-25-26-27-28-29-30-31-32-33-34-35-36-37-38-39-40-41-42-43-44-46-48-50-52-54-56-58-60-62-72(90)85-67(68(89)61-59-57-55-53-51-49-47-45-20-18-16-14-12-10-8-6-4-2)66-98-82-78(96)75(93)80(70(64-87)100-82)103-84-79(97)76(94)81(71(65-88)101-84)102-83-77(95)74(92)73(91)69(63-86)99-83/h21-22,51,53,59,61,67-71,73-84,86-89,91-97H,3-20,23-50,52,54-58,60,62-66H2,1-2H3,(H,85,90)/b22-21-,53-51+,61-59+. The molecule has 19 nitrogen and oxygen atoms in total. The van der Waals surface area contributed by atoms with E-state index in [1.54, 1.807) is 6.08 Å². The lowest BCUT2D eigenvalue weighted by atomic mass is 9.96. The second kappa shape index (κ2) is 64.8. The summed E-state index contributed by atoms with van der Waals surface area (Å²) in [4.78, 5) is 13.5. The van der Waals surface area contributed by atoms with Gasteiger partial charge < -0.3 is 89.9 Å². The number of unbranched alkanes of at least 4 members (excludes halogenated alkanes) is 49. The predicted molar refractivity (Wildman–Crippen MR) is 411 cm³/mol. The molecule has 17 unspecified atom stereocenters. The molecule has 3 aliphatic rings. The van der Waals surface area contributed by atoms with Crippen LogP contribution in [0.3, 0.4) is 0 Å². The van der Waals surface area contributed by atoms with Crippen LogP contribution in [0.1, 0.15) is 361 Å². The van der Waals surface area contributed by atoms with Gasteiger partial charge in [-0.05, 0) is 57.8 Å². The van der Waals surface area contributed by atoms with E-state index in [1.165, 1.54) is 289 Å². The minimum absolute atomic E-state index is 0.240. The highest BCUT2D eigenvalue weighted by molar-refractivity contribution is 5.76. The van der Waals surface area contributed by atoms with Crippen LogP contribution in [0.4, 0.5) is 0 Å². The lowest BCUT2D eigenvalue weighted by molar-refractivity contribution is -0.379. The summed E-state index contributed by atoms with van der Waals surface area (Å²) in [5, 5.41) is 121. The number of ether oxygens (including phenoxy) is 6. The number of amides is 1. The number of hydrogen-bond acceptors (Lipinski definition) is 18. The van der Waals surface area contributed by atoms with Crippen molar-refractivity contribution in [2.24, 2.45) is 0 Å². The molecule has 606 valence electrons. The lowest BCUT2D eigenvalue weighted by Gasteiger charge is -2.48. The van der Waals surface area contributed by atoms with Crippen LogP contribution in [0.2, 0.25) is 0 Å². The Morgan fingerprint density at radius 3 is 0.971 bits per heavy atom. The van der Waals surface area contributed by atoms with Crippen LogP contribution in [0, 0.1) is 0 Å². The summed E-state index contributed by atoms with van der Waals surface area (Å²) in [5.74, 6) is -0.278. The van der Waals surface area contributed by atoms with Gasteiger partial charge in [-0.2, -0.15) is 0 Å². The predicted octanol–water partition coefficient (Wildman–Crippen LogP) is 15.1. The first-order valence-electron chi connectivity index (χ1n) is 42.7. The molecule has 3 heterocycles. The maximum absolute atomic E-state index is 13.5. The molecule has 3 rings (SSSR count). The fraction of sp³-hybridized carbons (Fsp3) is 0.917. The summed E-state index contributed by atoms with van der Waals surface area (Å²) in [6.07, 6.45) is 54.7. The number of carbonyl (C=O) groups excluding carboxylic acids is 1. The van der Waals surface area contributed by atoms with Crippen LogP contribution in [0.15, 0.2) is 36.5 Å². The third kappa shape index (κ3) is 44.5. The Kier molecular flexibility index (Phi) is 59.9. The Balaban J connectivity index is 1.28. The summed E-state index contributed by atoms with van der Waals surface area (Å²) >= 11 is 0. The third-order valence-electron chi connectivity index (χ3n) is 21.4. The molecule has 103 heavy (non-hydrogen) atoms. The van der Waals surface area contributed by atoms with Crippen LogP contribution < -0.4 is 5.32 Å². The highest BCUT2D eigenvalue weighted by Gasteiger charge is 2.54. The van der Waals surface area contributed by atoms with Gasteiger partial charge in [0.1, 0.15) is 73.2 Å². The van der Waals surface area contributed by atoms with E-state index in [4.69, 9.17) is 28.4 Å². The molecular weight excluding hydrogens is 1310 g/mol. The van der Waals surface area contributed by atoms with E-state index in [9.17, 15) is 61.0 Å². The topological polar surface area (TPSA) is 307 Å². The Hall–Kier alpha value is -1.99. The normalized spacial score (nSPS) is 26.2. The minimum Gasteiger partial charge on any atom is -0.394 e. The maximum atomic E-state index is 13.5. The van der Waals surface area contributed by atoms with E-state index in [0.717, 1.165) is 38.5 Å². The van der Waals surface area contributed by atoms with E-state index in [1.807, 2.05) is 6.08 Å². The molecule has 0 radical (unpaired) electrons. The number of nitrogens with one attached hydrogen (secondary N) is 1. The van der Waals surface area contributed by atoms with E-state index in [0.29, 0.717) is 12.8 Å². The van der Waals surface area contributed by atoms with Crippen LogP contribution >= 0.6 is 0 Å². The SMILES string of the molecule is CCCCCCCCCC/C=C\CCCCCCCCCCCCCCCCCCCCCCCCCCCCCCCC(=O)NC(COC1OC(CO)C(OC2OC(CO)C(OC3OC(CO)C(O)C(O)C3O)C(O)C2O)C(O)C1O)C(O)/C=C/CC/C=C/CCCCCCCCCCCCC. The Morgan fingerprint density at radius 2 is 0.621 bits per heavy atom. The Labute approximate surface area is 625 Å². The van der Waals surface area contributed by atoms with Crippen molar-refractivity contribution in [3.05, 3.63) is 36.5 Å². The van der Waals surface area contributed by atoms with Crippen molar-refractivity contribution in [3.8, 4) is 0 Å². The van der Waals surface area contributed by atoms with Gasteiger partial charge in [0.05, 0.1) is 38.6 Å². The quantitative estimate of drug-likeness (QED) is 0.0199. The van der Waals surface area contributed by atoms with Gasteiger partial charge in [0, 0.05) is 6.42 Å². The number of aliphatic hydroxyl groups excluding tert-OH is 11. The molecule has 1 amide bonds. The number of aliphatic hydroxyl groups is 11. The molecule has 0 aromatic heterocycles. The van der Waals surface area contributed by atoms with E-state index >= 15 is 0 Å². The Morgan fingerprint density at radius 1 is 0.340 bits per heavy atom. The molecular formula is C84H157NO18. The van der Waals surface area contributed by atoms with Gasteiger partial charge in [-0.25, -0.2) is 0 Å². The zero-order valence-electron chi connectivity index (χ0n) is 65.1. The molecule has 0 aromatic rings. The van der Waals surface area contributed by atoms with Gasteiger partial charge in [-0.15, -0.1) is 0 Å². The minimum atomic E-state index is -1.98. The second-order valence-electron chi connectivity index (χ2n) is 30.6. The summed E-state index contributed by atoms with van der Waals surface area (Å²) in [6.45, 7) is 1.76. The molecule has 0 bridgehead atoms. The van der Waals surface area contributed by atoms with Crippen molar-refractivity contribution in [2.45, 2.75) is 465 Å². The molecule has 3 fully saturated rings. The van der Waals surface area contributed by atoms with Gasteiger partial charge >= 0.3 is 0 Å². The van der Waals surface area contributed by atoms with Crippen LogP contribution in [0.25, 0.3) is 0 Å². The fourth-order valence-corrected chi connectivity index (χ4v) is 14.6. The third-order valence-corrected chi connectivity index (χ3v) is 21.4. The smallest absolute Gasteiger partial charge is 0.220 e. The van der Waals surface area contributed by atoms with Crippen LogP contribution in [-0.4, -0.2) is 193 Å². The van der Waals surface area contributed by atoms with E-state index < -0.39 is 124 Å². The van der Waals surface area contributed by atoms with Crippen LogP contribution in [-0.2, 0) is 33.2 Å². The van der Waals surface area contributed by atoms with Gasteiger partial charge in [0.15, 0.2) is 18.9 Å². The largest absolute Gasteiger partial charge is 0.394 e. The molecule has 0 spiro atoms. The lowest BCUT2D eigenvalue weighted by Crippen LogP contribution is -2.66. The molecule has 17 atom stereocenters. The number of rotatable bonds is 69. The first kappa shape index (κ1) is 95.2. The zero-order chi connectivity index (χ0) is 74.6. The van der Waals surface area contributed by atoms with Crippen molar-refractivity contribution >= 4 is 5.91 Å². The molecule has 19 heteroatoms. The molecule has 3 saturated heterocycles. The van der Waals surface area contributed by atoms with Gasteiger partial charge in [-0.1, -0.05) is 333 Å². The average molecular weight is 1470 g/mol. The van der Waals surface area contributed by atoms with E-state index in [2.05, 4.69) is 43.5 Å². The van der Waals surface area contributed by atoms with Crippen molar-refractivity contribution < 1.29 is 89.4 Å². The van der Waals surface area contributed by atoms with E-state index in [-0.39, 0.29) is 18.9 Å².